The summed E-state index contributed by atoms with van der Waals surface area (Å²) in [5.41, 5.74) is 10.5. The van der Waals surface area contributed by atoms with Crippen molar-refractivity contribution in [3.63, 3.8) is 0 Å². The Morgan fingerprint density at radius 3 is 2.64 bits per heavy atom. The topological polar surface area (TPSA) is 217 Å². The number of rotatable bonds is 11. The Labute approximate surface area is 350 Å². The lowest BCUT2D eigenvalue weighted by atomic mass is 9.78. The van der Waals surface area contributed by atoms with Gasteiger partial charge in [-0.25, -0.2) is 0 Å². The van der Waals surface area contributed by atoms with Crippen LogP contribution in [0.4, 0.5) is 0 Å². The third kappa shape index (κ3) is 11.6. The molecule has 2 aliphatic heterocycles. The Kier molecular flexibility index (Phi) is 16.4. The number of phenols is 1. The van der Waals surface area contributed by atoms with Gasteiger partial charge in [0.2, 0.25) is 0 Å². The van der Waals surface area contributed by atoms with Crippen molar-refractivity contribution < 1.29 is 40.5 Å². The number of dihydropyridines is 1. The molecule has 3 heterocycles. The van der Waals surface area contributed by atoms with Crippen LogP contribution in [0.5, 0.6) is 11.5 Å². The van der Waals surface area contributed by atoms with E-state index in [0.717, 1.165) is 22.4 Å². The maximum absolute atomic E-state index is 12.0. The quantitative estimate of drug-likeness (QED) is 0.0892. The van der Waals surface area contributed by atoms with Crippen molar-refractivity contribution >= 4 is 21.6 Å². The van der Waals surface area contributed by atoms with Crippen molar-refractivity contribution in [1.29, 1.82) is 0 Å². The van der Waals surface area contributed by atoms with E-state index in [-0.39, 0.29) is 48.5 Å². The molecule has 1 aromatic carbocycles. The normalized spacial score (nSPS) is 32.8. The third-order valence-corrected chi connectivity index (χ3v) is 14.5. The largest absolute Gasteiger partial charge is 0.504 e. The number of aromatic hydroxyl groups is 1. The zero-order chi connectivity index (χ0) is 41.2. The number of ether oxygens (including phenoxy) is 1. The Bertz CT molecular complexity index is 1780. The van der Waals surface area contributed by atoms with Crippen LogP contribution in [0.25, 0.3) is 0 Å². The number of hydrogen-bond acceptors (Lipinski definition) is 13. The van der Waals surface area contributed by atoms with Crippen LogP contribution >= 0.6 is 21.6 Å². The molecule has 318 valence electrons. The minimum atomic E-state index is -1.06. The number of aliphatic hydroxyl groups is 6. The number of aliphatic hydroxyl groups excluding tert-OH is 6. The summed E-state index contributed by atoms with van der Waals surface area (Å²) in [4.78, 5) is 3.32. The van der Waals surface area contributed by atoms with Crippen molar-refractivity contribution in [2.24, 2.45) is 35.3 Å². The number of nitrogens with one attached hydrogen (secondary N) is 3. The van der Waals surface area contributed by atoms with E-state index in [0.29, 0.717) is 75.4 Å². The molecule has 0 spiro atoms. The highest BCUT2D eigenvalue weighted by Crippen LogP contribution is 2.42. The molecule has 12 atom stereocenters. The lowest BCUT2D eigenvalue weighted by Gasteiger charge is -2.34. The molecule has 1 fully saturated rings. The van der Waals surface area contributed by atoms with Gasteiger partial charge in [0.05, 0.1) is 24.4 Å². The molecule has 12 nitrogen and oxygen atoms in total. The second kappa shape index (κ2) is 21.4. The SMILES string of the molecule is CC(O)CNC1CCC(O)C2C(C#CC(CCO)C1)C=CC(c1ccc(O)c(OC3CC(Cc4ccc[nH]4)C4=CCNC(N)=C4CSSCC(CO)C3O)c1)CC2O. The second-order valence-corrected chi connectivity index (χ2v) is 18.9. The first-order chi connectivity index (χ1) is 28.0. The van der Waals surface area contributed by atoms with Gasteiger partial charge < -0.3 is 61.8 Å². The molecule has 2 aliphatic carbocycles. The van der Waals surface area contributed by atoms with Crippen LogP contribution < -0.4 is 21.1 Å². The lowest BCUT2D eigenvalue weighted by Crippen LogP contribution is -2.42. The Balaban J connectivity index is 1.28. The van der Waals surface area contributed by atoms with E-state index in [1.54, 1.807) is 46.7 Å². The molecular formula is C44H62N4O8S2. The molecule has 2 aromatic rings. The summed E-state index contributed by atoms with van der Waals surface area (Å²) >= 11 is 0. The van der Waals surface area contributed by atoms with Crippen molar-refractivity contribution in [2.75, 3.05) is 37.8 Å². The number of fused-ring (bicyclic) bond motifs is 2. The summed E-state index contributed by atoms with van der Waals surface area (Å²) < 4.78 is 6.68. The summed E-state index contributed by atoms with van der Waals surface area (Å²) in [6.45, 7) is 2.47. The van der Waals surface area contributed by atoms with E-state index in [1.807, 2.05) is 30.5 Å². The van der Waals surface area contributed by atoms with Gasteiger partial charge in [-0.15, -0.1) is 0 Å². The molecule has 58 heavy (non-hydrogen) atoms. The van der Waals surface area contributed by atoms with Crippen LogP contribution in [0.3, 0.4) is 0 Å². The van der Waals surface area contributed by atoms with E-state index < -0.39 is 48.3 Å². The third-order valence-electron chi connectivity index (χ3n) is 12.1. The summed E-state index contributed by atoms with van der Waals surface area (Å²) in [6.07, 6.45) is 7.48. The van der Waals surface area contributed by atoms with Crippen LogP contribution in [0.15, 0.2) is 71.7 Å². The predicted octanol–water partition coefficient (Wildman–Crippen LogP) is 3.30. The smallest absolute Gasteiger partial charge is 0.161 e. The van der Waals surface area contributed by atoms with E-state index >= 15 is 0 Å². The van der Waals surface area contributed by atoms with E-state index in [2.05, 4.69) is 33.5 Å². The van der Waals surface area contributed by atoms with Crippen LogP contribution in [0.1, 0.15) is 62.6 Å². The van der Waals surface area contributed by atoms with E-state index in [1.165, 1.54) is 0 Å². The maximum atomic E-state index is 12.0. The first-order valence-electron chi connectivity index (χ1n) is 20.7. The number of benzene rings is 1. The minimum Gasteiger partial charge on any atom is -0.504 e. The van der Waals surface area contributed by atoms with Crippen molar-refractivity contribution in [2.45, 2.75) is 94.3 Å². The van der Waals surface area contributed by atoms with E-state index in [4.69, 9.17) is 10.5 Å². The summed E-state index contributed by atoms with van der Waals surface area (Å²) in [6, 6.07) is 9.12. The molecule has 0 bridgehead atoms. The van der Waals surface area contributed by atoms with Crippen LogP contribution in [-0.2, 0) is 6.42 Å². The molecule has 4 aliphatic rings. The minimum absolute atomic E-state index is 0.00293. The van der Waals surface area contributed by atoms with Crippen molar-refractivity contribution in [3.05, 3.63) is 83.0 Å². The van der Waals surface area contributed by atoms with Gasteiger partial charge in [0.25, 0.3) is 0 Å². The molecule has 1 saturated heterocycles. The number of nitrogens with two attached hydrogens (primary N) is 1. The highest BCUT2D eigenvalue weighted by Gasteiger charge is 2.38. The van der Waals surface area contributed by atoms with Gasteiger partial charge >= 0.3 is 0 Å². The molecule has 0 amide bonds. The Morgan fingerprint density at radius 2 is 1.88 bits per heavy atom. The van der Waals surface area contributed by atoms with Crippen molar-refractivity contribution in [3.8, 4) is 23.3 Å². The molecule has 6 rings (SSSR count). The first-order valence-corrected chi connectivity index (χ1v) is 23.2. The average molecular weight is 839 g/mol. The Morgan fingerprint density at radius 1 is 1.03 bits per heavy atom. The van der Waals surface area contributed by atoms with Gasteiger partial charge in [0.15, 0.2) is 11.5 Å². The molecule has 1 aromatic heterocycles. The standard InChI is InChI=1S/C44H62N4O8S2/c1-26(51)22-48-34-9-11-38(53)42-28(5-4-27(17-34)13-16-49)6-7-29(19-39(42)54)30-8-10-37(52)40(20-30)56-41-21-31(18-33-3-2-14-46-33)35-12-15-47-44(45)36(35)25-58-57-24-32(23-50)43(41)55/h2-3,6-8,10,12,14,20,26-29,31-32,34,38-39,41-43,46-55H,9,11,13,15-19,21-25,45H2,1H3. The summed E-state index contributed by atoms with van der Waals surface area (Å²) in [7, 11) is 3.21. The lowest BCUT2D eigenvalue weighted by molar-refractivity contribution is -0.0214. The zero-order valence-corrected chi connectivity index (χ0v) is 34.9. The molecular weight excluding hydrogens is 777 g/mol. The fourth-order valence-corrected chi connectivity index (χ4v) is 11.4. The summed E-state index contributed by atoms with van der Waals surface area (Å²) in [5, 5.41) is 83.4. The maximum Gasteiger partial charge on any atom is 0.161 e. The second-order valence-electron chi connectivity index (χ2n) is 16.4. The first kappa shape index (κ1) is 44.5. The molecule has 12 N–H and O–H groups in total. The number of phenolic OH excluding ortho intramolecular Hbond substituents is 1. The number of H-pyrrole nitrogens is 1. The number of allylic oxidation sites excluding steroid dienone is 3. The Hall–Kier alpha value is -3.10. The average Bonchev–Trinajstić information content (AvgIpc) is 3.65. The highest BCUT2D eigenvalue weighted by molar-refractivity contribution is 8.76. The zero-order valence-electron chi connectivity index (χ0n) is 33.2. The van der Waals surface area contributed by atoms with Gasteiger partial charge in [0, 0.05) is 90.9 Å². The number of aromatic amines is 1. The van der Waals surface area contributed by atoms with Gasteiger partial charge in [-0.2, -0.15) is 0 Å². The fraction of sp³-hybridized carbons (Fsp3) is 0.591. The fourth-order valence-electron chi connectivity index (χ4n) is 8.84. The number of hydrogen-bond donors (Lipinski definition) is 11. The van der Waals surface area contributed by atoms with Crippen LogP contribution in [-0.4, -0.2) is 115 Å². The molecule has 0 radical (unpaired) electrons. The van der Waals surface area contributed by atoms with Gasteiger partial charge in [-0.3, -0.25) is 0 Å². The van der Waals surface area contributed by atoms with E-state index in [9.17, 15) is 35.7 Å². The van der Waals surface area contributed by atoms with Crippen LogP contribution in [0.2, 0.25) is 0 Å². The van der Waals surface area contributed by atoms with Gasteiger partial charge in [-0.05, 0) is 93.2 Å². The monoisotopic (exact) mass is 838 g/mol. The summed E-state index contributed by atoms with van der Waals surface area (Å²) in [5.74, 6) is 6.64. The van der Waals surface area contributed by atoms with Gasteiger partial charge in [-0.1, -0.05) is 57.7 Å². The molecule has 0 saturated carbocycles. The predicted molar refractivity (Wildman–Crippen MR) is 230 cm³/mol. The molecule has 12 unspecified atom stereocenters. The van der Waals surface area contributed by atoms with Crippen LogP contribution in [0, 0.1) is 41.4 Å². The number of aromatic nitrogens is 1. The van der Waals surface area contributed by atoms with Crippen molar-refractivity contribution in [1.82, 2.24) is 15.6 Å². The van der Waals surface area contributed by atoms with Gasteiger partial charge in [0.1, 0.15) is 11.9 Å². The molecule has 14 heteroatoms. The highest BCUT2D eigenvalue weighted by atomic mass is 33.1.